The molecule has 0 saturated carbocycles. The minimum absolute atomic E-state index is 1.08. The summed E-state index contributed by atoms with van der Waals surface area (Å²) in [6.45, 7) is 0. The summed E-state index contributed by atoms with van der Waals surface area (Å²) in [4.78, 5) is 4.69. The van der Waals surface area contributed by atoms with Gasteiger partial charge in [-0.1, -0.05) is 194 Å². The lowest BCUT2D eigenvalue weighted by atomic mass is 9.84. The molecule has 0 aliphatic rings. The molecule has 0 saturated heterocycles. The Labute approximate surface area is 364 Å². The quantitative estimate of drug-likeness (QED) is 0.129. The third-order valence-corrected chi connectivity index (χ3v) is 11.5. The number of rotatable bonds is 11. The normalized spacial score (nSPS) is 10.9. The van der Waals surface area contributed by atoms with Crippen LogP contribution in [0.25, 0.3) is 55.6 Å². The van der Waals surface area contributed by atoms with Crippen molar-refractivity contribution in [3.63, 3.8) is 0 Å². The van der Waals surface area contributed by atoms with Gasteiger partial charge in [-0.3, -0.25) is 0 Å². The van der Waals surface area contributed by atoms with Crippen LogP contribution in [0.5, 0.6) is 0 Å². The molecule has 0 bridgehead atoms. The Kier molecular flexibility index (Phi) is 10.8. The standard InChI is InChI=1S/C60H44N2/c1-7-23-45(24-8-1)53-41-39-51(61(47-27-11-3-12-28-47)48-29-13-4-14-30-48)43-59(53)57-37-21-19-35-55(57)56-36-20-22-38-58(56)60-44-52(40-42-54(60)46-25-9-2-10-26-46)62(49-31-15-5-16-32-49)50-33-17-6-18-34-50/h1-44H. The van der Waals surface area contributed by atoms with E-state index in [-0.39, 0.29) is 0 Å². The first-order chi connectivity index (χ1) is 30.8. The molecule has 0 amide bonds. The molecule has 10 aromatic carbocycles. The molecule has 0 aliphatic heterocycles. The van der Waals surface area contributed by atoms with Gasteiger partial charge in [0.05, 0.1) is 0 Å². The summed E-state index contributed by atoms with van der Waals surface area (Å²) in [6.07, 6.45) is 0. The van der Waals surface area contributed by atoms with Crippen molar-refractivity contribution in [1.82, 2.24) is 0 Å². The lowest BCUT2D eigenvalue weighted by Crippen LogP contribution is -2.10. The van der Waals surface area contributed by atoms with Crippen molar-refractivity contribution in [1.29, 1.82) is 0 Å². The van der Waals surface area contributed by atoms with Crippen LogP contribution in [-0.2, 0) is 0 Å². The molecule has 294 valence electrons. The molecule has 0 fully saturated rings. The Balaban J connectivity index is 1.20. The van der Waals surface area contributed by atoms with Crippen LogP contribution in [0.2, 0.25) is 0 Å². The Bertz CT molecular complexity index is 2750. The zero-order valence-corrected chi connectivity index (χ0v) is 34.3. The van der Waals surface area contributed by atoms with Crippen LogP contribution >= 0.6 is 0 Å². The topological polar surface area (TPSA) is 6.48 Å². The number of hydrogen-bond acceptors (Lipinski definition) is 2. The van der Waals surface area contributed by atoms with Crippen LogP contribution in [0, 0.1) is 0 Å². The van der Waals surface area contributed by atoms with Crippen molar-refractivity contribution in [2.75, 3.05) is 9.80 Å². The molecule has 2 nitrogen and oxygen atoms in total. The molecular formula is C60H44N2. The predicted molar refractivity (Wildman–Crippen MR) is 263 cm³/mol. The van der Waals surface area contributed by atoms with E-state index < -0.39 is 0 Å². The highest BCUT2D eigenvalue weighted by molar-refractivity contribution is 6.00. The van der Waals surface area contributed by atoms with Gasteiger partial charge in [0.1, 0.15) is 0 Å². The second-order valence-electron chi connectivity index (χ2n) is 15.3. The van der Waals surface area contributed by atoms with Gasteiger partial charge in [0.15, 0.2) is 0 Å². The van der Waals surface area contributed by atoms with Crippen LogP contribution < -0.4 is 9.80 Å². The molecule has 62 heavy (non-hydrogen) atoms. The maximum atomic E-state index is 2.37. The predicted octanol–water partition coefficient (Wildman–Crippen LogP) is 17.0. The SMILES string of the molecule is c1ccc(-c2ccc(N(c3ccccc3)c3ccccc3)cc2-c2ccccc2-c2ccccc2-c2cc(N(c3ccccc3)c3ccccc3)ccc2-c2ccccc2)cc1. The van der Waals surface area contributed by atoms with Gasteiger partial charge >= 0.3 is 0 Å². The third kappa shape index (κ3) is 7.70. The molecular weight excluding hydrogens is 749 g/mol. The van der Waals surface area contributed by atoms with Crippen LogP contribution in [0.1, 0.15) is 0 Å². The average Bonchev–Trinajstić information content (AvgIpc) is 3.36. The van der Waals surface area contributed by atoms with Gasteiger partial charge in [0, 0.05) is 34.1 Å². The smallest absolute Gasteiger partial charge is 0.0468 e. The highest BCUT2D eigenvalue weighted by atomic mass is 15.1. The summed E-state index contributed by atoms with van der Waals surface area (Å²) in [5.74, 6) is 0. The fraction of sp³-hybridized carbons (Fsp3) is 0. The van der Waals surface area contributed by atoms with Crippen molar-refractivity contribution < 1.29 is 0 Å². The van der Waals surface area contributed by atoms with Crippen LogP contribution in [0.3, 0.4) is 0 Å². The second kappa shape index (κ2) is 17.6. The van der Waals surface area contributed by atoms with E-state index in [1.807, 2.05) is 0 Å². The third-order valence-electron chi connectivity index (χ3n) is 11.5. The van der Waals surface area contributed by atoms with Crippen LogP contribution in [0.4, 0.5) is 34.1 Å². The molecule has 0 spiro atoms. The van der Waals surface area contributed by atoms with Gasteiger partial charge in [0.2, 0.25) is 0 Å². The monoisotopic (exact) mass is 792 g/mol. The van der Waals surface area contributed by atoms with Crippen LogP contribution in [-0.4, -0.2) is 0 Å². The molecule has 0 atom stereocenters. The lowest BCUT2D eigenvalue weighted by Gasteiger charge is -2.27. The summed E-state index contributed by atoms with van der Waals surface area (Å²) in [6, 6.07) is 95.7. The number of anilines is 6. The Morgan fingerprint density at radius 2 is 0.403 bits per heavy atom. The Morgan fingerprint density at radius 1 is 0.161 bits per heavy atom. The number of nitrogens with zero attached hydrogens (tertiary/aromatic N) is 2. The van der Waals surface area contributed by atoms with Gasteiger partial charge in [-0.05, 0) is 128 Å². The lowest BCUT2D eigenvalue weighted by molar-refractivity contribution is 1.28. The van der Waals surface area contributed by atoms with E-state index in [0.29, 0.717) is 0 Å². The maximum Gasteiger partial charge on any atom is 0.0468 e. The van der Waals surface area contributed by atoms with E-state index in [4.69, 9.17) is 0 Å². The van der Waals surface area contributed by atoms with Crippen LogP contribution in [0.15, 0.2) is 267 Å². The van der Waals surface area contributed by atoms with Gasteiger partial charge in [0.25, 0.3) is 0 Å². The highest BCUT2D eigenvalue weighted by Gasteiger charge is 2.22. The van der Waals surface area contributed by atoms with E-state index >= 15 is 0 Å². The molecule has 0 unspecified atom stereocenters. The number of hydrogen-bond donors (Lipinski definition) is 0. The van der Waals surface area contributed by atoms with Gasteiger partial charge < -0.3 is 9.80 Å². The van der Waals surface area contributed by atoms with E-state index in [1.165, 1.54) is 22.3 Å². The molecule has 0 aromatic heterocycles. The summed E-state index contributed by atoms with van der Waals surface area (Å²) in [7, 11) is 0. The molecule has 0 N–H and O–H groups in total. The minimum Gasteiger partial charge on any atom is -0.310 e. The summed E-state index contributed by atoms with van der Waals surface area (Å²) in [5.41, 5.74) is 18.2. The fourth-order valence-electron chi connectivity index (χ4n) is 8.64. The van der Waals surface area contributed by atoms with Crippen molar-refractivity contribution >= 4 is 34.1 Å². The Morgan fingerprint density at radius 3 is 0.694 bits per heavy atom. The largest absolute Gasteiger partial charge is 0.310 e. The summed E-state index contributed by atoms with van der Waals surface area (Å²) in [5, 5.41) is 0. The van der Waals surface area contributed by atoms with E-state index in [1.54, 1.807) is 0 Å². The first kappa shape index (κ1) is 38.0. The van der Waals surface area contributed by atoms with Gasteiger partial charge in [-0.2, -0.15) is 0 Å². The van der Waals surface area contributed by atoms with E-state index in [2.05, 4.69) is 277 Å². The summed E-state index contributed by atoms with van der Waals surface area (Å²) >= 11 is 0. The minimum atomic E-state index is 1.08. The molecule has 0 aliphatic carbocycles. The van der Waals surface area contributed by atoms with Crippen molar-refractivity contribution in [2.45, 2.75) is 0 Å². The van der Waals surface area contributed by atoms with Gasteiger partial charge in [-0.15, -0.1) is 0 Å². The fourth-order valence-corrected chi connectivity index (χ4v) is 8.64. The first-order valence-corrected chi connectivity index (χ1v) is 21.2. The Hall–Kier alpha value is -8.20. The van der Waals surface area contributed by atoms with E-state index in [0.717, 1.165) is 67.5 Å². The molecule has 10 aromatic rings. The molecule has 0 radical (unpaired) electrons. The highest BCUT2D eigenvalue weighted by Crippen LogP contribution is 2.47. The van der Waals surface area contributed by atoms with Crippen molar-refractivity contribution in [3.8, 4) is 55.6 Å². The van der Waals surface area contributed by atoms with Gasteiger partial charge in [-0.25, -0.2) is 0 Å². The number of para-hydroxylation sites is 4. The van der Waals surface area contributed by atoms with Crippen molar-refractivity contribution in [3.05, 3.63) is 267 Å². The molecule has 10 rings (SSSR count). The van der Waals surface area contributed by atoms with E-state index in [9.17, 15) is 0 Å². The number of benzene rings is 10. The first-order valence-electron chi connectivity index (χ1n) is 21.2. The zero-order valence-electron chi connectivity index (χ0n) is 34.3. The van der Waals surface area contributed by atoms with Crippen molar-refractivity contribution in [2.24, 2.45) is 0 Å². The molecule has 2 heteroatoms. The molecule has 0 heterocycles. The second-order valence-corrected chi connectivity index (χ2v) is 15.3. The zero-order chi connectivity index (χ0) is 41.5. The average molecular weight is 793 g/mol. The maximum absolute atomic E-state index is 2.37. The summed E-state index contributed by atoms with van der Waals surface area (Å²) < 4.78 is 0.